The number of hydrogen-bond donors (Lipinski definition) is 1. The molecular formula is C24H22N4O2. The number of ether oxygens (including phenoxy) is 1. The summed E-state index contributed by atoms with van der Waals surface area (Å²) in [6.45, 7) is 0.359. The van der Waals surface area contributed by atoms with Gasteiger partial charge in [0.25, 0.3) is 5.91 Å². The summed E-state index contributed by atoms with van der Waals surface area (Å²) in [4.78, 5) is 20.6. The Hall–Kier alpha value is -3.93. The van der Waals surface area contributed by atoms with Crippen molar-refractivity contribution in [3.8, 4) is 11.6 Å². The number of carbonyl (C=O) groups excluding carboxylic acids is 1. The smallest absolute Gasteiger partial charge is 0.258 e. The molecule has 1 N–H and O–H groups in total. The van der Waals surface area contributed by atoms with Crippen LogP contribution in [0, 0.1) is 0 Å². The first-order valence-electron chi connectivity index (χ1n) is 9.72. The monoisotopic (exact) mass is 398 g/mol. The van der Waals surface area contributed by atoms with E-state index in [0.29, 0.717) is 6.54 Å². The third-order valence-corrected chi connectivity index (χ3v) is 4.64. The molecule has 0 saturated carbocycles. The zero-order chi connectivity index (χ0) is 20.6. The highest BCUT2D eigenvalue weighted by Crippen LogP contribution is 2.21. The summed E-state index contributed by atoms with van der Waals surface area (Å²) in [5.74, 6) is 1.33. The van der Waals surface area contributed by atoms with Crippen LogP contribution in [0.5, 0.6) is 5.75 Å². The number of carbonyl (C=O) groups is 1. The molecule has 0 unspecified atom stereocenters. The van der Waals surface area contributed by atoms with Crippen LogP contribution >= 0.6 is 0 Å². The largest absolute Gasteiger partial charge is 0.483 e. The van der Waals surface area contributed by atoms with Gasteiger partial charge in [-0.3, -0.25) is 9.36 Å². The van der Waals surface area contributed by atoms with Gasteiger partial charge in [-0.2, -0.15) is 0 Å². The molecule has 2 aromatic carbocycles. The molecule has 2 aromatic heterocycles. The van der Waals surface area contributed by atoms with Gasteiger partial charge < -0.3 is 10.1 Å². The van der Waals surface area contributed by atoms with Crippen LogP contribution in [0.15, 0.2) is 91.6 Å². The lowest BCUT2D eigenvalue weighted by Gasteiger charge is -2.12. The minimum absolute atomic E-state index is 0.0354. The standard InChI is InChI=1S/C24H22N4O2/c29-24(27-16-20-10-11-23(26-15-20)28-13-12-25-18-28)17-30-22-9-5-4-8-21(22)14-19-6-2-1-3-7-19/h1-13,15,18H,14,16-17H2,(H,27,29). The fourth-order valence-corrected chi connectivity index (χ4v) is 3.07. The van der Waals surface area contributed by atoms with E-state index in [4.69, 9.17) is 4.74 Å². The maximum Gasteiger partial charge on any atom is 0.258 e. The Morgan fingerprint density at radius 3 is 2.57 bits per heavy atom. The average molecular weight is 398 g/mol. The van der Waals surface area contributed by atoms with E-state index in [1.54, 1.807) is 18.7 Å². The van der Waals surface area contributed by atoms with Gasteiger partial charge in [-0.15, -0.1) is 0 Å². The quantitative estimate of drug-likeness (QED) is 0.493. The molecule has 150 valence electrons. The van der Waals surface area contributed by atoms with Crippen molar-refractivity contribution < 1.29 is 9.53 Å². The molecule has 0 aliphatic heterocycles. The van der Waals surface area contributed by atoms with Gasteiger partial charge in [0.2, 0.25) is 0 Å². The van der Waals surface area contributed by atoms with Crippen molar-refractivity contribution in [2.45, 2.75) is 13.0 Å². The summed E-state index contributed by atoms with van der Waals surface area (Å²) in [7, 11) is 0. The first-order valence-corrected chi connectivity index (χ1v) is 9.72. The van der Waals surface area contributed by atoms with Crippen LogP contribution in [-0.4, -0.2) is 27.0 Å². The molecule has 30 heavy (non-hydrogen) atoms. The molecule has 0 aliphatic rings. The summed E-state index contributed by atoms with van der Waals surface area (Å²) in [5.41, 5.74) is 3.16. The molecule has 0 spiro atoms. The number of nitrogens with one attached hydrogen (secondary N) is 1. The van der Waals surface area contributed by atoms with Gasteiger partial charge >= 0.3 is 0 Å². The Bertz CT molecular complexity index is 1080. The summed E-state index contributed by atoms with van der Waals surface area (Å²) in [5, 5.41) is 2.87. The molecular weight excluding hydrogens is 376 g/mol. The summed E-state index contributed by atoms with van der Waals surface area (Å²) < 4.78 is 7.61. The van der Waals surface area contributed by atoms with Crippen LogP contribution in [0.1, 0.15) is 16.7 Å². The SMILES string of the molecule is O=C(COc1ccccc1Cc1ccccc1)NCc1ccc(-n2ccnc2)nc1. The number of hydrogen-bond acceptors (Lipinski definition) is 4. The minimum Gasteiger partial charge on any atom is -0.483 e. The van der Waals surface area contributed by atoms with Gasteiger partial charge in [-0.1, -0.05) is 54.6 Å². The van der Waals surface area contributed by atoms with Gasteiger partial charge in [0.05, 0.1) is 0 Å². The number of rotatable bonds is 8. The third kappa shape index (κ3) is 5.11. The molecule has 0 atom stereocenters. The van der Waals surface area contributed by atoms with Crippen molar-refractivity contribution >= 4 is 5.91 Å². The fraction of sp³-hybridized carbons (Fsp3) is 0.125. The molecule has 0 fully saturated rings. The molecule has 4 rings (SSSR count). The van der Waals surface area contributed by atoms with Gasteiger partial charge in [-0.25, -0.2) is 9.97 Å². The maximum atomic E-state index is 12.2. The van der Waals surface area contributed by atoms with Crippen molar-refractivity contribution in [2.75, 3.05) is 6.61 Å². The second kappa shape index (κ2) is 9.52. The number of pyridine rings is 1. The van der Waals surface area contributed by atoms with Crippen LogP contribution in [0.4, 0.5) is 0 Å². The van der Waals surface area contributed by atoms with E-state index >= 15 is 0 Å². The van der Waals surface area contributed by atoms with E-state index < -0.39 is 0 Å². The molecule has 0 bridgehead atoms. The van der Waals surface area contributed by atoms with Crippen LogP contribution < -0.4 is 10.1 Å². The first kappa shape index (κ1) is 19.4. The topological polar surface area (TPSA) is 69.0 Å². The van der Waals surface area contributed by atoms with Crippen molar-refractivity contribution in [2.24, 2.45) is 0 Å². The van der Waals surface area contributed by atoms with E-state index in [9.17, 15) is 4.79 Å². The lowest BCUT2D eigenvalue weighted by Crippen LogP contribution is -2.28. The first-order chi connectivity index (χ1) is 14.8. The van der Waals surface area contributed by atoms with Crippen LogP contribution in [0.3, 0.4) is 0 Å². The molecule has 4 aromatic rings. The molecule has 0 aliphatic carbocycles. The number of para-hydroxylation sites is 1. The van der Waals surface area contributed by atoms with Crippen LogP contribution in [-0.2, 0) is 17.8 Å². The van der Waals surface area contributed by atoms with Crippen molar-refractivity contribution in [3.05, 3.63) is 108 Å². The van der Waals surface area contributed by atoms with Gasteiger partial charge in [0.15, 0.2) is 6.61 Å². The average Bonchev–Trinajstić information content (AvgIpc) is 3.33. The highest BCUT2D eigenvalue weighted by atomic mass is 16.5. The Morgan fingerprint density at radius 2 is 1.80 bits per heavy atom. The molecule has 6 nitrogen and oxygen atoms in total. The van der Waals surface area contributed by atoms with Gasteiger partial charge in [-0.05, 0) is 28.8 Å². The summed E-state index contributed by atoms with van der Waals surface area (Å²) in [6, 6.07) is 21.8. The van der Waals surface area contributed by atoms with Gasteiger partial charge in [0, 0.05) is 31.6 Å². The van der Waals surface area contributed by atoms with E-state index in [1.807, 2.05) is 65.4 Å². The van der Waals surface area contributed by atoms with Gasteiger partial charge in [0.1, 0.15) is 17.9 Å². The normalized spacial score (nSPS) is 10.5. The lowest BCUT2D eigenvalue weighted by atomic mass is 10.0. The molecule has 1 amide bonds. The van der Waals surface area contributed by atoms with E-state index in [0.717, 1.165) is 29.1 Å². The number of imidazole rings is 1. The number of amides is 1. The Morgan fingerprint density at radius 1 is 0.967 bits per heavy atom. The summed E-state index contributed by atoms with van der Waals surface area (Å²) in [6.07, 6.45) is 7.72. The van der Waals surface area contributed by atoms with Crippen LogP contribution in [0.2, 0.25) is 0 Å². The Labute approximate surface area is 175 Å². The zero-order valence-corrected chi connectivity index (χ0v) is 16.4. The molecule has 0 radical (unpaired) electrons. The highest BCUT2D eigenvalue weighted by molar-refractivity contribution is 5.77. The molecule has 2 heterocycles. The Balaban J connectivity index is 1.29. The highest BCUT2D eigenvalue weighted by Gasteiger charge is 2.08. The lowest BCUT2D eigenvalue weighted by molar-refractivity contribution is -0.123. The van der Waals surface area contributed by atoms with Crippen LogP contribution in [0.25, 0.3) is 5.82 Å². The van der Waals surface area contributed by atoms with Crippen molar-refractivity contribution in [1.29, 1.82) is 0 Å². The van der Waals surface area contributed by atoms with E-state index in [2.05, 4.69) is 27.4 Å². The number of benzene rings is 2. The molecule has 0 saturated heterocycles. The van der Waals surface area contributed by atoms with E-state index in [-0.39, 0.29) is 12.5 Å². The second-order valence-electron chi connectivity index (χ2n) is 6.83. The predicted molar refractivity (Wildman–Crippen MR) is 114 cm³/mol. The summed E-state index contributed by atoms with van der Waals surface area (Å²) >= 11 is 0. The minimum atomic E-state index is -0.178. The predicted octanol–water partition coefficient (Wildman–Crippen LogP) is 3.55. The maximum absolute atomic E-state index is 12.2. The Kier molecular flexibility index (Phi) is 6.15. The number of aromatic nitrogens is 3. The van der Waals surface area contributed by atoms with E-state index in [1.165, 1.54) is 5.56 Å². The molecule has 6 heteroatoms. The van der Waals surface area contributed by atoms with Crippen molar-refractivity contribution in [1.82, 2.24) is 19.9 Å². The third-order valence-electron chi connectivity index (χ3n) is 4.64. The van der Waals surface area contributed by atoms with Crippen molar-refractivity contribution in [3.63, 3.8) is 0 Å². The number of nitrogens with zero attached hydrogens (tertiary/aromatic N) is 3. The second-order valence-corrected chi connectivity index (χ2v) is 6.83. The zero-order valence-electron chi connectivity index (χ0n) is 16.4. The fourth-order valence-electron chi connectivity index (χ4n) is 3.07.